The molecule has 0 atom stereocenters. The van der Waals surface area contributed by atoms with Crippen LogP contribution in [0.5, 0.6) is 0 Å². The Balaban J connectivity index is 2.95. The van der Waals surface area contributed by atoms with Crippen molar-refractivity contribution in [2.75, 3.05) is 0 Å². The van der Waals surface area contributed by atoms with Crippen LogP contribution in [0.15, 0.2) is 22.9 Å². The van der Waals surface area contributed by atoms with Crippen LogP contribution in [0.3, 0.4) is 0 Å². The highest BCUT2D eigenvalue weighted by atomic mass is 16.5. The van der Waals surface area contributed by atoms with Crippen molar-refractivity contribution >= 4 is 11.9 Å². The number of carbonyl (C=O) groups excluding carboxylic acids is 1. The number of hydrogen-bond donors (Lipinski definition) is 0. The van der Waals surface area contributed by atoms with Gasteiger partial charge in [-0.3, -0.25) is 4.79 Å². The lowest BCUT2D eigenvalue weighted by molar-refractivity contribution is -0.103. The summed E-state index contributed by atoms with van der Waals surface area (Å²) in [4.78, 5) is 10.3. The maximum Gasteiger partial charge on any atom is 0.169 e. The van der Waals surface area contributed by atoms with Crippen molar-refractivity contribution in [3.63, 3.8) is 0 Å². The lowest BCUT2D eigenvalue weighted by Gasteiger charge is -1.86. The van der Waals surface area contributed by atoms with Gasteiger partial charge in [0.05, 0.1) is 11.8 Å². The zero-order chi connectivity index (χ0) is 7.40. The molecule has 3 nitrogen and oxygen atoms in total. The second kappa shape index (κ2) is 2.96. The maximum atomic E-state index is 10.3. The molecule has 0 unspecified atom stereocenters. The number of nitrogens with zero attached hydrogens (tertiary/aromatic N) is 1. The standard InChI is InChI=1S/C7H7NO2/c1-2-6(5-9)7-3-4-8-10-7/h2-5H,1H3. The van der Waals surface area contributed by atoms with Gasteiger partial charge in [0.15, 0.2) is 12.0 Å². The average molecular weight is 137 g/mol. The van der Waals surface area contributed by atoms with E-state index in [1.54, 1.807) is 19.1 Å². The first-order chi connectivity index (χ1) is 4.88. The molecule has 0 aromatic carbocycles. The van der Waals surface area contributed by atoms with Gasteiger partial charge in [-0.2, -0.15) is 0 Å². The van der Waals surface area contributed by atoms with Crippen molar-refractivity contribution in [2.45, 2.75) is 6.92 Å². The van der Waals surface area contributed by atoms with Gasteiger partial charge in [-0.15, -0.1) is 0 Å². The van der Waals surface area contributed by atoms with Crippen molar-refractivity contribution in [1.29, 1.82) is 0 Å². The van der Waals surface area contributed by atoms with Crippen LogP contribution in [-0.2, 0) is 4.79 Å². The first kappa shape index (κ1) is 6.74. The molecular formula is C7H7NO2. The van der Waals surface area contributed by atoms with Crippen molar-refractivity contribution in [3.8, 4) is 0 Å². The van der Waals surface area contributed by atoms with Gasteiger partial charge in [-0.1, -0.05) is 11.2 Å². The third kappa shape index (κ3) is 1.13. The first-order valence-electron chi connectivity index (χ1n) is 2.91. The molecule has 0 aliphatic carbocycles. The van der Waals surface area contributed by atoms with Crippen LogP contribution in [0, 0.1) is 0 Å². The Kier molecular flexibility index (Phi) is 1.99. The van der Waals surface area contributed by atoms with Gasteiger partial charge in [0.1, 0.15) is 0 Å². The fraction of sp³-hybridized carbons (Fsp3) is 0.143. The molecule has 3 heteroatoms. The number of carbonyl (C=O) groups is 1. The highest BCUT2D eigenvalue weighted by molar-refractivity contribution is 6.05. The Morgan fingerprint density at radius 3 is 3.00 bits per heavy atom. The molecule has 1 aromatic rings. The molecule has 1 heterocycles. The van der Waals surface area contributed by atoms with Crippen LogP contribution < -0.4 is 0 Å². The SMILES string of the molecule is CC=C(C=O)c1ccno1. The zero-order valence-corrected chi connectivity index (χ0v) is 5.57. The summed E-state index contributed by atoms with van der Waals surface area (Å²) in [5.41, 5.74) is 0.525. The number of rotatable bonds is 2. The molecule has 0 saturated heterocycles. The van der Waals surface area contributed by atoms with E-state index in [1.165, 1.54) is 6.20 Å². The van der Waals surface area contributed by atoms with Crippen LogP contribution in [0.4, 0.5) is 0 Å². The lowest BCUT2D eigenvalue weighted by Crippen LogP contribution is -1.79. The highest BCUT2D eigenvalue weighted by Gasteiger charge is 2.00. The van der Waals surface area contributed by atoms with E-state index in [1.807, 2.05) is 0 Å². The minimum Gasteiger partial charge on any atom is -0.356 e. The molecule has 10 heavy (non-hydrogen) atoms. The smallest absolute Gasteiger partial charge is 0.169 e. The molecule has 1 aromatic heterocycles. The quantitative estimate of drug-likeness (QED) is 0.455. The van der Waals surface area contributed by atoms with E-state index in [0.717, 1.165) is 6.29 Å². The summed E-state index contributed by atoms with van der Waals surface area (Å²) in [5, 5.41) is 3.46. The molecule has 0 fully saturated rings. The van der Waals surface area contributed by atoms with E-state index in [9.17, 15) is 4.79 Å². The molecule has 0 saturated carbocycles. The van der Waals surface area contributed by atoms with Gasteiger partial charge in [-0.05, 0) is 6.92 Å². The summed E-state index contributed by atoms with van der Waals surface area (Å²) in [6, 6.07) is 1.64. The molecule has 0 radical (unpaired) electrons. The number of aromatic nitrogens is 1. The minimum atomic E-state index is 0.512. The van der Waals surface area contributed by atoms with E-state index in [-0.39, 0.29) is 0 Å². The third-order valence-electron chi connectivity index (χ3n) is 1.16. The molecule has 0 aliphatic heterocycles. The fourth-order valence-corrected chi connectivity index (χ4v) is 0.633. The second-order valence-corrected chi connectivity index (χ2v) is 1.74. The summed E-state index contributed by atoms with van der Waals surface area (Å²) in [7, 11) is 0. The topological polar surface area (TPSA) is 43.1 Å². The van der Waals surface area contributed by atoms with E-state index >= 15 is 0 Å². The Morgan fingerprint density at radius 1 is 1.80 bits per heavy atom. The van der Waals surface area contributed by atoms with Gasteiger partial charge in [-0.25, -0.2) is 0 Å². The third-order valence-corrected chi connectivity index (χ3v) is 1.16. The average Bonchev–Trinajstić information content (AvgIpc) is 2.43. The fourth-order valence-electron chi connectivity index (χ4n) is 0.633. The Labute approximate surface area is 58.3 Å². The van der Waals surface area contributed by atoms with Crippen molar-refractivity contribution in [1.82, 2.24) is 5.16 Å². The number of hydrogen-bond acceptors (Lipinski definition) is 3. The Hall–Kier alpha value is -1.38. The molecule has 0 bridgehead atoms. The van der Waals surface area contributed by atoms with Gasteiger partial charge >= 0.3 is 0 Å². The van der Waals surface area contributed by atoms with Crippen molar-refractivity contribution in [3.05, 3.63) is 24.1 Å². The molecular weight excluding hydrogens is 130 g/mol. The molecule has 52 valence electrons. The van der Waals surface area contributed by atoms with Crippen LogP contribution in [0.1, 0.15) is 12.7 Å². The summed E-state index contributed by atoms with van der Waals surface area (Å²) >= 11 is 0. The molecule has 0 aliphatic rings. The second-order valence-electron chi connectivity index (χ2n) is 1.74. The van der Waals surface area contributed by atoms with Crippen LogP contribution in [0.2, 0.25) is 0 Å². The van der Waals surface area contributed by atoms with Gasteiger partial charge in [0.25, 0.3) is 0 Å². The largest absolute Gasteiger partial charge is 0.356 e. The predicted molar refractivity (Wildman–Crippen MR) is 36.2 cm³/mol. The molecule has 0 N–H and O–H groups in total. The highest BCUT2D eigenvalue weighted by Crippen LogP contribution is 2.09. The Bertz CT molecular complexity index is 236. The summed E-state index contributed by atoms with van der Waals surface area (Å²) in [6.45, 7) is 1.77. The van der Waals surface area contributed by atoms with Crippen LogP contribution in [0.25, 0.3) is 5.57 Å². The van der Waals surface area contributed by atoms with Gasteiger partial charge in [0.2, 0.25) is 0 Å². The molecule has 0 spiro atoms. The Morgan fingerprint density at radius 2 is 2.60 bits per heavy atom. The minimum absolute atomic E-state index is 0.512. The number of allylic oxidation sites excluding steroid dienone is 2. The molecule has 1 rings (SSSR count). The zero-order valence-electron chi connectivity index (χ0n) is 5.57. The lowest BCUT2D eigenvalue weighted by atomic mass is 10.2. The first-order valence-corrected chi connectivity index (χ1v) is 2.91. The monoisotopic (exact) mass is 137 g/mol. The van der Waals surface area contributed by atoms with E-state index < -0.39 is 0 Å². The maximum absolute atomic E-state index is 10.3. The summed E-state index contributed by atoms with van der Waals surface area (Å²) in [5.74, 6) is 0.512. The number of aldehydes is 1. The van der Waals surface area contributed by atoms with E-state index in [4.69, 9.17) is 4.52 Å². The van der Waals surface area contributed by atoms with Gasteiger partial charge in [0, 0.05) is 6.07 Å². The summed E-state index contributed by atoms with van der Waals surface area (Å²) < 4.78 is 4.73. The normalized spacial score (nSPS) is 11.5. The van der Waals surface area contributed by atoms with Crippen molar-refractivity contribution in [2.24, 2.45) is 0 Å². The van der Waals surface area contributed by atoms with Gasteiger partial charge < -0.3 is 4.52 Å². The predicted octanol–water partition coefficient (Wildman–Crippen LogP) is 1.28. The van der Waals surface area contributed by atoms with Crippen LogP contribution in [-0.4, -0.2) is 11.4 Å². The van der Waals surface area contributed by atoms with E-state index in [0.29, 0.717) is 11.3 Å². The summed E-state index contributed by atoms with van der Waals surface area (Å²) in [6.07, 6.45) is 3.91. The molecule has 0 amide bonds. The van der Waals surface area contributed by atoms with Crippen LogP contribution >= 0.6 is 0 Å². The van der Waals surface area contributed by atoms with E-state index in [2.05, 4.69) is 5.16 Å². The van der Waals surface area contributed by atoms with Crippen molar-refractivity contribution < 1.29 is 9.32 Å².